The summed E-state index contributed by atoms with van der Waals surface area (Å²) in [6.07, 6.45) is 2.41. The molecule has 1 atom stereocenters. The first kappa shape index (κ1) is 39.0. The van der Waals surface area contributed by atoms with E-state index in [4.69, 9.17) is 11.6 Å². The summed E-state index contributed by atoms with van der Waals surface area (Å²) in [7, 11) is -5.43. The molecule has 0 saturated heterocycles. The van der Waals surface area contributed by atoms with Gasteiger partial charge in [-0.25, -0.2) is 35.2 Å². The molecule has 3 N–H and O–H groups in total. The average molecular weight is 765 g/mol. The zero-order valence-electron chi connectivity index (χ0n) is 28.6. The summed E-state index contributed by atoms with van der Waals surface area (Å²) in [5, 5.41) is 22.7. The molecular formula is C38H38ClF5N2O5S. The smallest absolute Gasteiger partial charge is 0.339 e. The second-order valence-electron chi connectivity index (χ2n) is 14.0. The van der Waals surface area contributed by atoms with E-state index in [0.29, 0.717) is 28.6 Å². The molecule has 0 aromatic heterocycles. The van der Waals surface area contributed by atoms with Crippen LogP contribution in [0.3, 0.4) is 0 Å². The number of nitrogens with zero attached hydrogens (tertiary/aromatic N) is 1. The number of hydrogen-bond donors (Lipinski definition) is 3. The van der Waals surface area contributed by atoms with Crippen molar-refractivity contribution in [3.8, 4) is 5.75 Å². The van der Waals surface area contributed by atoms with Crippen LogP contribution < -0.4 is 5.32 Å². The highest BCUT2D eigenvalue weighted by Crippen LogP contribution is 2.42. The van der Waals surface area contributed by atoms with Crippen molar-refractivity contribution in [3.05, 3.63) is 123 Å². The summed E-state index contributed by atoms with van der Waals surface area (Å²) in [6, 6.07) is 14.8. The highest BCUT2D eigenvalue weighted by molar-refractivity contribution is 7.89. The molecule has 1 fully saturated rings. The number of nitrogens with one attached hydrogen (secondary N) is 1. The lowest BCUT2D eigenvalue weighted by Gasteiger charge is -2.32. The Morgan fingerprint density at radius 1 is 0.885 bits per heavy atom. The lowest BCUT2D eigenvalue weighted by molar-refractivity contribution is 0.0693. The first-order chi connectivity index (χ1) is 24.4. The molecule has 52 heavy (non-hydrogen) atoms. The van der Waals surface area contributed by atoms with Crippen LogP contribution >= 0.6 is 11.6 Å². The molecule has 1 aliphatic carbocycles. The van der Waals surface area contributed by atoms with Crippen molar-refractivity contribution in [2.24, 2.45) is 0 Å². The predicted molar refractivity (Wildman–Crippen MR) is 188 cm³/mol. The number of aryl methyl sites for hydroxylation is 1. The largest absolute Gasteiger partial charge is 0.507 e. The second-order valence-corrected chi connectivity index (χ2v) is 16.3. The van der Waals surface area contributed by atoms with Crippen LogP contribution in [0.15, 0.2) is 65.6 Å². The van der Waals surface area contributed by atoms with Crippen LogP contribution in [0.5, 0.6) is 5.75 Å². The van der Waals surface area contributed by atoms with Crippen LogP contribution in [0.1, 0.15) is 85.0 Å². The van der Waals surface area contributed by atoms with E-state index in [1.807, 2.05) is 6.07 Å². The maximum Gasteiger partial charge on any atom is 0.339 e. The van der Waals surface area contributed by atoms with Gasteiger partial charge in [0.25, 0.3) is 0 Å². The molecule has 0 radical (unpaired) electrons. The molecule has 0 unspecified atom stereocenters. The Kier molecular flexibility index (Phi) is 11.6. The van der Waals surface area contributed by atoms with Crippen molar-refractivity contribution in [2.75, 3.05) is 11.9 Å². The summed E-state index contributed by atoms with van der Waals surface area (Å²) in [6.45, 7) is 5.70. The van der Waals surface area contributed by atoms with Crippen LogP contribution in [0.25, 0.3) is 0 Å². The van der Waals surface area contributed by atoms with Gasteiger partial charge in [-0.3, -0.25) is 0 Å². The third-order valence-corrected chi connectivity index (χ3v) is 11.3. The van der Waals surface area contributed by atoms with Crippen molar-refractivity contribution in [3.63, 3.8) is 0 Å². The van der Waals surface area contributed by atoms with Gasteiger partial charge in [-0.05, 0) is 90.0 Å². The fraction of sp³-hybridized carbons (Fsp3) is 0.342. The normalized spacial score (nSPS) is 14.1. The summed E-state index contributed by atoms with van der Waals surface area (Å²) in [4.78, 5) is 9.39. The monoisotopic (exact) mass is 764 g/mol. The number of halogens is 6. The summed E-state index contributed by atoms with van der Waals surface area (Å²) in [5.41, 5.74) is 3.19. The van der Waals surface area contributed by atoms with Crippen molar-refractivity contribution < 1.29 is 45.4 Å². The van der Waals surface area contributed by atoms with E-state index in [1.165, 1.54) is 42.5 Å². The van der Waals surface area contributed by atoms with Gasteiger partial charge < -0.3 is 15.5 Å². The van der Waals surface area contributed by atoms with E-state index in [9.17, 15) is 36.6 Å². The van der Waals surface area contributed by atoms with Gasteiger partial charge in [0.15, 0.2) is 28.2 Å². The fourth-order valence-electron chi connectivity index (χ4n) is 6.03. The van der Waals surface area contributed by atoms with Gasteiger partial charge >= 0.3 is 5.97 Å². The van der Waals surface area contributed by atoms with Gasteiger partial charge in [0.05, 0.1) is 0 Å². The Labute approximate surface area is 304 Å². The first-order valence-electron chi connectivity index (χ1n) is 16.6. The molecule has 0 bridgehead atoms. The molecular weight excluding hydrogens is 727 g/mol. The van der Waals surface area contributed by atoms with E-state index in [-0.39, 0.29) is 30.4 Å². The minimum absolute atomic E-state index is 0.00434. The number of carboxylic acid groups (broad SMARTS) is 1. The Hall–Kier alpha value is -4.20. The molecule has 0 aliphatic heterocycles. The fourth-order valence-corrected chi connectivity index (χ4v) is 7.94. The number of anilines is 1. The molecule has 5 rings (SSSR count). The molecule has 14 heteroatoms. The number of sulfonamides is 1. The van der Waals surface area contributed by atoms with Gasteiger partial charge in [0, 0.05) is 35.9 Å². The van der Waals surface area contributed by atoms with Crippen LogP contribution in [0.4, 0.5) is 27.6 Å². The number of aromatic hydroxyl groups is 1. The maximum absolute atomic E-state index is 15.2. The summed E-state index contributed by atoms with van der Waals surface area (Å²) in [5.74, 6) is -13.7. The van der Waals surface area contributed by atoms with Crippen molar-refractivity contribution in [2.45, 2.75) is 81.7 Å². The number of carbonyl (C=O) groups is 1. The number of benzene rings is 4. The molecule has 0 heterocycles. The van der Waals surface area contributed by atoms with E-state index in [1.54, 1.807) is 0 Å². The number of rotatable bonds is 14. The van der Waals surface area contributed by atoms with Crippen LogP contribution in [-0.2, 0) is 28.4 Å². The maximum atomic E-state index is 15.2. The molecule has 0 amide bonds. The minimum Gasteiger partial charge on any atom is -0.507 e. The predicted octanol–water partition coefficient (Wildman–Crippen LogP) is 9.31. The van der Waals surface area contributed by atoms with Gasteiger partial charge in [-0.1, -0.05) is 62.7 Å². The van der Waals surface area contributed by atoms with Gasteiger partial charge in [0.1, 0.15) is 11.3 Å². The highest BCUT2D eigenvalue weighted by Gasteiger charge is 2.40. The molecule has 278 valence electrons. The topological polar surface area (TPSA) is 107 Å². The Morgan fingerprint density at radius 3 is 2.06 bits per heavy atom. The minimum atomic E-state index is -5.43. The second kappa shape index (κ2) is 15.4. The van der Waals surface area contributed by atoms with E-state index >= 15 is 8.78 Å². The SMILES string of the molecule is CC(C)(C)c1cc(CC[C@@H](CCNc2ccc(C(=O)O)c(O)c2)N(Cc2ccc(Cl)cc2)S(=O)(=O)c2c(F)c(F)c(F)c(F)c2F)cc(C2CC2)c1. The van der Waals surface area contributed by atoms with Crippen molar-refractivity contribution in [1.82, 2.24) is 4.31 Å². The molecule has 7 nitrogen and oxygen atoms in total. The lowest BCUT2D eigenvalue weighted by Crippen LogP contribution is -2.42. The van der Waals surface area contributed by atoms with Gasteiger partial charge in [-0.2, -0.15) is 4.31 Å². The molecule has 1 aliphatic rings. The van der Waals surface area contributed by atoms with Gasteiger partial charge in [-0.15, -0.1) is 0 Å². The van der Waals surface area contributed by atoms with Crippen LogP contribution in [0.2, 0.25) is 5.02 Å². The van der Waals surface area contributed by atoms with Crippen molar-refractivity contribution >= 4 is 33.3 Å². The summed E-state index contributed by atoms with van der Waals surface area (Å²) < 4.78 is 103. The van der Waals surface area contributed by atoms with E-state index in [2.05, 4.69) is 38.2 Å². The number of aromatic carboxylic acids is 1. The summed E-state index contributed by atoms with van der Waals surface area (Å²) >= 11 is 6.05. The number of phenols is 1. The lowest BCUT2D eigenvalue weighted by atomic mass is 9.83. The number of carboxylic acids is 1. The first-order valence-corrected chi connectivity index (χ1v) is 18.4. The average Bonchev–Trinajstić information content (AvgIpc) is 3.93. The molecule has 4 aromatic rings. The standard InChI is InChI=1S/C38H38ClF5N2O5S/c1-38(2,3)25-17-22(16-24(18-25)23-7-8-23)6-12-28(14-15-45-27-11-13-29(37(48)49)30(47)19-27)46(20-21-4-9-26(39)10-5-21)52(50,51)36-34(43)32(41)31(40)33(42)35(36)44/h4-5,9-11,13,16-19,23,28,45,47H,6-8,12,14-15,20H2,1-3H3,(H,48,49)/t28-/m0/s1. The quantitative estimate of drug-likeness (QED) is 0.0672. The third-order valence-electron chi connectivity index (χ3n) is 9.13. The van der Waals surface area contributed by atoms with E-state index in [0.717, 1.165) is 33.8 Å². The molecule has 0 spiro atoms. The molecule has 1 saturated carbocycles. The van der Waals surface area contributed by atoms with E-state index < -0.39 is 68.3 Å². The van der Waals surface area contributed by atoms with Gasteiger partial charge in [0.2, 0.25) is 15.8 Å². The molecule has 4 aromatic carbocycles. The Morgan fingerprint density at radius 2 is 1.50 bits per heavy atom. The van der Waals surface area contributed by atoms with Crippen LogP contribution in [-0.4, -0.2) is 41.5 Å². The zero-order chi connectivity index (χ0) is 38.1. The van der Waals surface area contributed by atoms with Crippen molar-refractivity contribution in [1.29, 1.82) is 0 Å². The zero-order valence-corrected chi connectivity index (χ0v) is 30.2. The Balaban J connectivity index is 1.57. The third kappa shape index (κ3) is 8.70. The number of hydrogen-bond acceptors (Lipinski definition) is 5. The highest BCUT2D eigenvalue weighted by atomic mass is 35.5. The van der Waals surface area contributed by atoms with Crippen LogP contribution in [0, 0.1) is 29.1 Å². The Bertz CT molecular complexity index is 2060.